The number of nitrogens with zero attached hydrogens (tertiary/aromatic N) is 2. The van der Waals surface area contributed by atoms with Gasteiger partial charge in [0.15, 0.2) is 0 Å². The van der Waals surface area contributed by atoms with Gasteiger partial charge in [-0.05, 0) is 61.9 Å². The minimum absolute atomic E-state index is 0.00421. The molecule has 1 heterocycles. The van der Waals surface area contributed by atoms with Gasteiger partial charge in [-0.3, -0.25) is 9.59 Å². The summed E-state index contributed by atoms with van der Waals surface area (Å²) in [5.74, 6) is -0.846. The van der Waals surface area contributed by atoms with E-state index in [2.05, 4.69) is 10.2 Å². The van der Waals surface area contributed by atoms with Gasteiger partial charge in [-0.25, -0.2) is 4.79 Å². The molecular weight excluding hydrogens is 478 g/mol. The monoisotopic (exact) mass is 505 g/mol. The predicted octanol–water partition coefficient (Wildman–Crippen LogP) is 5.04. The smallest absolute Gasteiger partial charge is 0.338 e. The van der Waals surface area contributed by atoms with Crippen molar-refractivity contribution in [3.63, 3.8) is 0 Å². The van der Waals surface area contributed by atoms with E-state index in [0.717, 1.165) is 11.3 Å². The van der Waals surface area contributed by atoms with Gasteiger partial charge in [0, 0.05) is 31.7 Å². The van der Waals surface area contributed by atoms with Gasteiger partial charge in [0.2, 0.25) is 0 Å². The number of hydrogen-bond donors (Lipinski definition) is 1. The van der Waals surface area contributed by atoms with Crippen LogP contribution in [0.4, 0.5) is 11.4 Å². The molecule has 0 spiro atoms. The van der Waals surface area contributed by atoms with Crippen molar-refractivity contribution < 1.29 is 19.1 Å². The number of carbonyl (C=O) groups is 3. The molecule has 1 N–H and O–H groups in total. The number of nitrogens with one attached hydrogen (secondary N) is 1. The van der Waals surface area contributed by atoms with Crippen molar-refractivity contribution in [1.82, 2.24) is 4.90 Å². The quantitative estimate of drug-likeness (QED) is 0.475. The first kappa shape index (κ1) is 25.3. The molecule has 186 valence electrons. The van der Waals surface area contributed by atoms with Crippen molar-refractivity contribution in [2.45, 2.75) is 13.8 Å². The van der Waals surface area contributed by atoms with Crippen LogP contribution in [0.5, 0.6) is 0 Å². The number of hydrogen-bond acceptors (Lipinski definition) is 5. The van der Waals surface area contributed by atoms with Crippen LogP contribution in [-0.4, -0.2) is 55.5 Å². The van der Waals surface area contributed by atoms with Crippen molar-refractivity contribution in [1.29, 1.82) is 0 Å². The van der Waals surface area contributed by atoms with Gasteiger partial charge >= 0.3 is 5.97 Å². The molecular formula is C28H28ClN3O4. The van der Waals surface area contributed by atoms with Crippen molar-refractivity contribution in [3.8, 4) is 0 Å². The van der Waals surface area contributed by atoms with Crippen LogP contribution < -0.4 is 10.2 Å². The molecule has 1 fully saturated rings. The van der Waals surface area contributed by atoms with Crippen LogP contribution in [0.15, 0.2) is 66.7 Å². The molecule has 0 unspecified atom stereocenters. The second-order valence-electron chi connectivity index (χ2n) is 8.54. The van der Waals surface area contributed by atoms with E-state index in [9.17, 15) is 14.4 Å². The maximum atomic E-state index is 13.1. The maximum Gasteiger partial charge on any atom is 0.338 e. The number of anilines is 2. The zero-order valence-electron chi connectivity index (χ0n) is 20.3. The number of benzene rings is 3. The summed E-state index contributed by atoms with van der Waals surface area (Å²) in [5, 5.41) is 3.28. The predicted molar refractivity (Wildman–Crippen MR) is 141 cm³/mol. The highest BCUT2D eigenvalue weighted by Crippen LogP contribution is 2.30. The van der Waals surface area contributed by atoms with Crippen molar-refractivity contribution in [3.05, 3.63) is 94.0 Å². The largest absolute Gasteiger partial charge is 0.462 e. The maximum absolute atomic E-state index is 13.1. The van der Waals surface area contributed by atoms with E-state index in [-0.39, 0.29) is 18.4 Å². The van der Waals surface area contributed by atoms with Gasteiger partial charge in [-0.15, -0.1) is 0 Å². The fourth-order valence-electron chi connectivity index (χ4n) is 4.16. The third-order valence-corrected chi connectivity index (χ3v) is 6.37. The van der Waals surface area contributed by atoms with E-state index in [1.165, 1.54) is 0 Å². The van der Waals surface area contributed by atoms with Gasteiger partial charge in [-0.2, -0.15) is 0 Å². The fourth-order valence-corrected chi connectivity index (χ4v) is 4.48. The van der Waals surface area contributed by atoms with E-state index in [0.29, 0.717) is 53.6 Å². The summed E-state index contributed by atoms with van der Waals surface area (Å²) in [6, 6.07) is 19.5. The number of aryl methyl sites for hydroxylation is 1. The van der Waals surface area contributed by atoms with Gasteiger partial charge in [0.05, 0.1) is 34.1 Å². The van der Waals surface area contributed by atoms with Crippen molar-refractivity contribution in [2.75, 3.05) is 43.0 Å². The molecule has 0 aromatic heterocycles. The van der Waals surface area contributed by atoms with E-state index in [4.69, 9.17) is 16.3 Å². The first-order chi connectivity index (χ1) is 17.4. The Hall–Kier alpha value is -3.84. The molecule has 1 aliphatic rings. The Kier molecular flexibility index (Phi) is 7.90. The summed E-state index contributed by atoms with van der Waals surface area (Å²) >= 11 is 6.32. The van der Waals surface area contributed by atoms with Crippen molar-refractivity contribution in [2.24, 2.45) is 0 Å². The van der Waals surface area contributed by atoms with Gasteiger partial charge in [0.1, 0.15) is 0 Å². The van der Waals surface area contributed by atoms with Gasteiger partial charge in [-0.1, -0.05) is 35.9 Å². The zero-order chi connectivity index (χ0) is 25.7. The Balaban J connectivity index is 1.56. The Bertz CT molecular complexity index is 1270. The number of esters is 1. The Morgan fingerprint density at radius 3 is 2.31 bits per heavy atom. The van der Waals surface area contributed by atoms with Crippen LogP contribution in [0, 0.1) is 6.92 Å². The lowest BCUT2D eigenvalue weighted by atomic mass is 10.1. The lowest BCUT2D eigenvalue weighted by Gasteiger charge is -2.37. The standard InChI is InChI=1S/C28H28ClN3O4/c1-3-36-28(35)21-10-12-25(24(18-21)30-26(33)22-11-9-19(2)17-23(22)29)31-13-15-32(16-14-31)27(34)20-7-5-4-6-8-20/h4-12,17-18H,3,13-16H2,1-2H3,(H,30,33). The lowest BCUT2D eigenvalue weighted by molar-refractivity contribution is 0.0526. The molecule has 1 saturated heterocycles. The second-order valence-corrected chi connectivity index (χ2v) is 8.94. The molecule has 2 amide bonds. The highest BCUT2D eigenvalue weighted by atomic mass is 35.5. The normalized spacial score (nSPS) is 13.3. The average molecular weight is 506 g/mol. The zero-order valence-corrected chi connectivity index (χ0v) is 21.0. The van der Waals surface area contributed by atoms with Crippen LogP contribution in [0.3, 0.4) is 0 Å². The minimum atomic E-state index is -0.466. The number of amides is 2. The van der Waals surface area contributed by atoms with E-state index in [1.807, 2.05) is 48.2 Å². The molecule has 7 nitrogen and oxygen atoms in total. The first-order valence-electron chi connectivity index (χ1n) is 11.9. The number of piperazine rings is 1. The third-order valence-electron chi connectivity index (χ3n) is 6.05. The second kappa shape index (κ2) is 11.3. The number of halogens is 1. The van der Waals surface area contributed by atoms with Crippen molar-refractivity contribution >= 4 is 40.8 Å². The summed E-state index contributed by atoms with van der Waals surface area (Å²) < 4.78 is 5.14. The number of rotatable bonds is 6. The van der Waals surface area contributed by atoms with Crippen LogP contribution in [-0.2, 0) is 4.74 Å². The Morgan fingerprint density at radius 2 is 1.64 bits per heavy atom. The SMILES string of the molecule is CCOC(=O)c1ccc(N2CCN(C(=O)c3ccccc3)CC2)c(NC(=O)c2ccc(C)cc2Cl)c1. The molecule has 8 heteroatoms. The number of ether oxygens (including phenoxy) is 1. The fraction of sp³-hybridized carbons (Fsp3) is 0.250. The molecule has 4 rings (SSSR count). The summed E-state index contributed by atoms with van der Waals surface area (Å²) in [6.07, 6.45) is 0. The highest BCUT2D eigenvalue weighted by molar-refractivity contribution is 6.34. The summed E-state index contributed by atoms with van der Waals surface area (Å²) in [5.41, 5.74) is 3.52. The van der Waals surface area contributed by atoms with E-state index < -0.39 is 5.97 Å². The Labute approximate surface area is 215 Å². The molecule has 0 saturated carbocycles. The van der Waals surface area contributed by atoms with Crippen LogP contribution in [0.1, 0.15) is 43.6 Å². The topological polar surface area (TPSA) is 79.0 Å². The van der Waals surface area contributed by atoms with Crippen LogP contribution in [0.25, 0.3) is 0 Å². The van der Waals surface area contributed by atoms with Gasteiger partial charge in [0.25, 0.3) is 11.8 Å². The third kappa shape index (κ3) is 5.69. The number of carbonyl (C=O) groups excluding carboxylic acids is 3. The van der Waals surface area contributed by atoms with Gasteiger partial charge < -0.3 is 19.9 Å². The molecule has 0 radical (unpaired) electrons. The first-order valence-corrected chi connectivity index (χ1v) is 12.2. The minimum Gasteiger partial charge on any atom is -0.462 e. The van der Waals surface area contributed by atoms with Crippen LogP contribution in [0.2, 0.25) is 5.02 Å². The molecule has 1 aliphatic heterocycles. The molecule has 3 aromatic carbocycles. The summed E-state index contributed by atoms with van der Waals surface area (Å²) in [6.45, 7) is 6.10. The lowest BCUT2D eigenvalue weighted by Crippen LogP contribution is -2.49. The molecule has 3 aromatic rings. The molecule has 0 aliphatic carbocycles. The molecule has 0 atom stereocenters. The molecule has 36 heavy (non-hydrogen) atoms. The van der Waals surface area contributed by atoms with E-state index in [1.54, 1.807) is 37.3 Å². The highest BCUT2D eigenvalue weighted by Gasteiger charge is 2.25. The van der Waals surface area contributed by atoms with E-state index >= 15 is 0 Å². The summed E-state index contributed by atoms with van der Waals surface area (Å²) in [7, 11) is 0. The summed E-state index contributed by atoms with van der Waals surface area (Å²) in [4.78, 5) is 42.2. The molecule has 0 bridgehead atoms. The Morgan fingerprint density at radius 1 is 0.917 bits per heavy atom. The van der Waals surface area contributed by atoms with Crippen LogP contribution >= 0.6 is 11.6 Å². The average Bonchev–Trinajstić information content (AvgIpc) is 2.89.